The first kappa shape index (κ1) is 16.8. The zero-order chi connectivity index (χ0) is 18.1. The molecule has 3 heterocycles. The minimum atomic E-state index is 0.112. The molecule has 0 aliphatic carbocycles. The van der Waals surface area contributed by atoms with Crippen LogP contribution in [0.25, 0.3) is 10.1 Å². The highest BCUT2D eigenvalue weighted by molar-refractivity contribution is 7.21. The molecule has 1 aliphatic rings. The minimum Gasteiger partial charge on any atom is -0.497 e. The summed E-state index contributed by atoms with van der Waals surface area (Å²) >= 11 is 1.56. The van der Waals surface area contributed by atoms with Crippen molar-refractivity contribution in [3.05, 3.63) is 47.0 Å². The topological polar surface area (TPSA) is 58.6 Å². The molecule has 6 nitrogen and oxygen atoms in total. The Hall–Kier alpha value is -2.67. The van der Waals surface area contributed by atoms with E-state index in [2.05, 4.69) is 15.1 Å². The van der Waals surface area contributed by atoms with Crippen LogP contribution in [-0.2, 0) is 0 Å². The van der Waals surface area contributed by atoms with Crippen LogP contribution in [0, 0.1) is 6.92 Å². The Morgan fingerprint density at radius 1 is 1.19 bits per heavy atom. The van der Waals surface area contributed by atoms with Gasteiger partial charge in [0.15, 0.2) is 5.82 Å². The lowest BCUT2D eigenvalue weighted by Gasteiger charge is -2.35. The summed E-state index contributed by atoms with van der Waals surface area (Å²) in [5.41, 5.74) is 1.03. The molecule has 0 N–H and O–H groups in total. The van der Waals surface area contributed by atoms with E-state index in [-0.39, 0.29) is 5.91 Å². The Labute approximate surface area is 156 Å². The average Bonchev–Trinajstić information content (AvgIpc) is 3.04. The zero-order valence-electron chi connectivity index (χ0n) is 14.8. The maximum absolute atomic E-state index is 13.0. The van der Waals surface area contributed by atoms with Crippen LogP contribution < -0.4 is 9.64 Å². The van der Waals surface area contributed by atoms with E-state index in [0.717, 1.165) is 45.2 Å². The first-order valence-electron chi connectivity index (χ1n) is 8.56. The number of methoxy groups -OCH3 is 1. The van der Waals surface area contributed by atoms with Crippen LogP contribution in [0.2, 0.25) is 0 Å². The lowest BCUT2D eigenvalue weighted by Crippen LogP contribution is -2.49. The number of thiophene rings is 1. The van der Waals surface area contributed by atoms with Crippen molar-refractivity contribution in [3.63, 3.8) is 0 Å². The number of fused-ring (bicyclic) bond motifs is 1. The van der Waals surface area contributed by atoms with Crippen molar-refractivity contribution in [3.8, 4) is 5.75 Å². The van der Waals surface area contributed by atoms with Gasteiger partial charge in [-0.3, -0.25) is 4.79 Å². The molecule has 3 aromatic rings. The number of hydrogen-bond acceptors (Lipinski definition) is 6. The molecule has 0 radical (unpaired) electrons. The first-order valence-corrected chi connectivity index (χ1v) is 9.38. The highest BCUT2D eigenvalue weighted by atomic mass is 32.1. The summed E-state index contributed by atoms with van der Waals surface area (Å²) < 4.78 is 6.43. The Kier molecular flexibility index (Phi) is 4.46. The zero-order valence-corrected chi connectivity index (χ0v) is 15.6. The molecule has 0 saturated carbocycles. The predicted molar refractivity (Wildman–Crippen MR) is 103 cm³/mol. The Balaban J connectivity index is 1.52. The van der Waals surface area contributed by atoms with Gasteiger partial charge in [-0.05, 0) is 48.2 Å². The number of ether oxygens (including phenoxy) is 1. The van der Waals surface area contributed by atoms with Gasteiger partial charge >= 0.3 is 0 Å². The summed E-state index contributed by atoms with van der Waals surface area (Å²) in [6.07, 6.45) is 1.67. The highest BCUT2D eigenvalue weighted by Gasteiger charge is 2.26. The monoisotopic (exact) mass is 368 g/mol. The predicted octanol–water partition coefficient (Wildman–Crippen LogP) is 2.97. The number of benzene rings is 1. The number of piperazine rings is 1. The Morgan fingerprint density at radius 3 is 2.69 bits per heavy atom. The second-order valence-corrected chi connectivity index (χ2v) is 7.33. The number of anilines is 1. The molecular formula is C19H20N4O2S. The molecule has 4 rings (SSSR count). The van der Waals surface area contributed by atoms with E-state index in [1.807, 2.05) is 42.2 Å². The van der Waals surface area contributed by atoms with Crippen molar-refractivity contribution >= 4 is 33.1 Å². The lowest BCUT2D eigenvalue weighted by molar-refractivity contribution is 0.0751. The van der Waals surface area contributed by atoms with Gasteiger partial charge in [0.25, 0.3) is 5.91 Å². The molecule has 0 spiro atoms. The normalized spacial score (nSPS) is 14.7. The maximum Gasteiger partial charge on any atom is 0.264 e. The van der Waals surface area contributed by atoms with Gasteiger partial charge in [-0.1, -0.05) is 0 Å². The van der Waals surface area contributed by atoms with Crippen LogP contribution in [-0.4, -0.2) is 54.3 Å². The van der Waals surface area contributed by atoms with E-state index in [1.165, 1.54) is 0 Å². The van der Waals surface area contributed by atoms with Gasteiger partial charge < -0.3 is 14.5 Å². The molecule has 1 fully saturated rings. The van der Waals surface area contributed by atoms with Crippen LogP contribution in [0.1, 0.15) is 15.2 Å². The summed E-state index contributed by atoms with van der Waals surface area (Å²) in [4.78, 5) is 18.0. The number of carbonyl (C=O) groups is 1. The second kappa shape index (κ2) is 6.92. The van der Waals surface area contributed by atoms with Gasteiger partial charge in [0.05, 0.1) is 12.0 Å². The lowest BCUT2D eigenvalue weighted by atomic mass is 10.1. The summed E-state index contributed by atoms with van der Waals surface area (Å²) in [6.45, 7) is 4.92. The largest absolute Gasteiger partial charge is 0.497 e. The number of rotatable bonds is 3. The van der Waals surface area contributed by atoms with Gasteiger partial charge in [0.1, 0.15) is 5.75 Å². The maximum atomic E-state index is 13.0. The van der Waals surface area contributed by atoms with Crippen molar-refractivity contribution in [1.82, 2.24) is 15.1 Å². The van der Waals surface area contributed by atoms with Crippen LogP contribution in [0.4, 0.5) is 5.82 Å². The van der Waals surface area contributed by atoms with Crippen LogP contribution in [0.3, 0.4) is 0 Å². The molecule has 26 heavy (non-hydrogen) atoms. The Morgan fingerprint density at radius 2 is 2.00 bits per heavy atom. The standard InChI is InChI=1S/C19H20N4O2S/c1-13-15-12-14(25-2)5-6-16(15)26-18(13)19(24)23-10-8-22(9-11-23)17-4-3-7-20-21-17/h3-7,12H,8-11H2,1-2H3. The third-order valence-corrected chi connectivity index (χ3v) is 6.05. The third kappa shape index (κ3) is 2.99. The van der Waals surface area contributed by atoms with E-state index < -0.39 is 0 Å². The van der Waals surface area contributed by atoms with Crippen LogP contribution in [0.15, 0.2) is 36.5 Å². The summed E-state index contributed by atoms with van der Waals surface area (Å²) in [5, 5.41) is 9.18. The number of carbonyl (C=O) groups excluding carboxylic acids is 1. The number of amides is 1. The summed E-state index contributed by atoms with van der Waals surface area (Å²) in [7, 11) is 1.66. The molecule has 1 saturated heterocycles. The second-order valence-electron chi connectivity index (χ2n) is 6.28. The molecule has 2 aromatic heterocycles. The van der Waals surface area contributed by atoms with E-state index in [0.29, 0.717) is 13.1 Å². The van der Waals surface area contributed by atoms with Gasteiger partial charge in [-0.15, -0.1) is 16.4 Å². The molecule has 134 valence electrons. The molecule has 0 atom stereocenters. The van der Waals surface area contributed by atoms with Crippen LogP contribution >= 0.6 is 11.3 Å². The fourth-order valence-electron chi connectivity index (χ4n) is 3.28. The highest BCUT2D eigenvalue weighted by Crippen LogP contribution is 2.34. The van der Waals surface area contributed by atoms with Crippen molar-refractivity contribution in [2.24, 2.45) is 0 Å². The fraction of sp³-hybridized carbons (Fsp3) is 0.316. The van der Waals surface area contributed by atoms with E-state index in [1.54, 1.807) is 24.6 Å². The molecule has 1 amide bonds. The number of aryl methyl sites for hydroxylation is 1. The van der Waals surface area contributed by atoms with Gasteiger partial charge in [-0.25, -0.2) is 0 Å². The molecular weight excluding hydrogens is 348 g/mol. The summed E-state index contributed by atoms with van der Waals surface area (Å²) in [6, 6.07) is 9.80. The first-order chi connectivity index (χ1) is 12.7. The SMILES string of the molecule is COc1ccc2sc(C(=O)N3CCN(c4cccnn4)CC3)c(C)c2c1. The molecule has 1 aliphatic heterocycles. The van der Waals surface area contributed by atoms with Gasteiger partial charge in [0, 0.05) is 37.1 Å². The molecule has 7 heteroatoms. The van der Waals surface area contributed by atoms with Crippen molar-refractivity contribution in [2.75, 3.05) is 38.2 Å². The number of aromatic nitrogens is 2. The van der Waals surface area contributed by atoms with E-state index in [9.17, 15) is 4.79 Å². The molecule has 0 unspecified atom stereocenters. The minimum absolute atomic E-state index is 0.112. The average molecular weight is 368 g/mol. The number of nitrogens with zero attached hydrogens (tertiary/aromatic N) is 4. The van der Waals surface area contributed by atoms with Gasteiger partial charge in [0.2, 0.25) is 0 Å². The quantitative estimate of drug-likeness (QED) is 0.711. The number of hydrogen-bond donors (Lipinski definition) is 0. The summed E-state index contributed by atoms with van der Waals surface area (Å²) in [5.74, 6) is 1.79. The molecule has 0 bridgehead atoms. The Bertz CT molecular complexity index is 933. The smallest absolute Gasteiger partial charge is 0.264 e. The van der Waals surface area contributed by atoms with Crippen LogP contribution in [0.5, 0.6) is 5.75 Å². The van der Waals surface area contributed by atoms with Crippen molar-refractivity contribution in [2.45, 2.75) is 6.92 Å². The van der Waals surface area contributed by atoms with Crippen molar-refractivity contribution in [1.29, 1.82) is 0 Å². The van der Waals surface area contributed by atoms with Crippen molar-refractivity contribution < 1.29 is 9.53 Å². The van der Waals surface area contributed by atoms with Gasteiger partial charge in [-0.2, -0.15) is 5.10 Å². The van der Waals surface area contributed by atoms with E-state index >= 15 is 0 Å². The fourth-order valence-corrected chi connectivity index (χ4v) is 4.43. The molecule has 1 aromatic carbocycles. The third-order valence-electron chi connectivity index (χ3n) is 4.79. The van der Waals surface area contributed by atoms with E-state index in [4.69, 9.17) is 4.74 Å².